The van der Waals surface area contributed by atoms with Crippen LogP contribution in [0.3, 0.4) is 0 Å². The van der Waals surface area contributed by atoms with Gasteiger partial charge in [-0.25, -0.2) is 0 Å². The van der Waals surface area contributed by atoms with E-state index in [2.05, 4.69) is 13.0 Å². The highest BCUT2D eigenvalue weighted by Crippen LogP contribution is 2.20. The first-order valence-corrected chi connectivity index (χ1v) is 8.57. The van der Waals surface area contributed by atoms with E-state index in [9.17, 15) is 10.1 Å². The molecule has 1 aliphatic rings. The molecule has 0 bridgehead atoms. The smallest absolute Gasteiger partial charge is 0.239 e. The van der Waals surface area contributed by atoms with Crippen LogP contribution in [0.4, 0.5) is 0 Å². The minimum absolute atomic E-state index is 0.0170. The number of hydrogen-bond acceptors (Lipinski definition) is 3. The van der Waals surface area contributed by atoms with Crippen molar-refractivity contribution in [3.8, 4) is 11.8 Å². The molecule has 0 spiro atoms. The molecule has 1 aromatic carbocycles. The van der Waals surface area contributed by atoms with Crippen LogP contribution < -0.4 is 4.74 Å². The maximum Gasteiger partial charge on any atom is 0.239 e. The summed E-state index contributed by atoms with van der Waals surface area (Å²) in [5.41, 5.74) is 0. The van der Waals surface area contributed by atoms with Crippen molar-refractivity contribution >= 4 is 5.91 Å². The maximum atomic E-state index is 12.4. The third-order valence-corrected chi connectivity index (χ3v) is 4.45. The van der Waals surface area contributed by atoms with Gasteiger partial charge in [0, 0.05) is 13.1 Å². The molecule has 23 heavy (non-hydrogen) atoms. The lowest BCUT2D eigenvalue weighted by Gasteiger charge is -2.31. The minimum Gasteiger partial charge on any atom is -0.494 e. The second kappa shape index (κ2) is 9.19. The normalized spacial score (nSPS) is 16.6. The highest BCUT2D eigenvalue weighted by Gasteiger charge is 2.26. The zero-order valence-electron chi connectivity index (χ0n) is 13.9. The number of nitriles is 1. The Morgan fingerprint density at radius 3 is 2.65 bits per heavy atom. The van der Waals surface area contributed by atoms with Crippen LogP contribution in [0.25, 0.3) is 0 Å². The predicted molar refractivity (Wildman–Crippen MR) is 89.9 cm³/mol. The van der Waals surface area contributed by atoms with Crippen molar-refractivity contribution < 1.29 is 9.53 Å². The molecular formula is C19H26N2O2. The summed E-state index contributed by atoms with van der Waals surface area (Å²) in [6, 6.07) is 11.9. The first-order valence-electron chi connectivity index (χ1n) is 8.57. The number of carbonyl (C=O) groups excluding carboxylic acids is 1. The summed E-state index contributed by atoms with van der Waals surface area (Å²) in [5.74, 6) is 1.07. The molecule has 1 saturated heterocycles. The van der Waals surface area contributed by atoms with Crippen molar-refractivity contribution in [2.24, 2.45) is 11.8 Å². The van der Waals surface area contributed by atoms with E-state index in [1.165, 1.54) is 0 Å². The largest absolute Gasteiger partial charge is 0.494 e. The maximum absolute atomic E-state index is 12.4. The van der Waals surface area contributed by atoms with Gasteiger partial charge in [0.05, 0.1) is 12.7 Å². The Balaban J connectivity index is 1.66. The van der Waals surface area contributed by atoms with Gasteiger partial charge in [-0.1, -0.05) is 25.1 Å². The Bertz CT molecular complexity index is 516. The standard InChI is InChI=1S/C19H26N2O2/c1-16-10-12-21(13-11-16)19(22)17(15-20)7-5-6-14-23-18-8-3-2-4-9-18/h2-4,8-9,16-17H,5-7,10-14H2,1H3. The zero-order valence-corrected chi connectivity index (χ0v) is 13.9. The molecule has 1 atom stereocenters. The molecule has 124 valence electrons. The van der Waals surface area contributed by atoms with Gasteiger partial charge in [-0.05, 0) is 50.2 Å². The topological polar surface area (TPSA) is 53.3 Å². The van der Waals surface area contributed by atoms with E-state index < -0.39 is 5.92 Å². The zero-order chi connectivity index (χ0) is 16.5. The van der Waals surface area contributed by atoms with Gasteiger partial charge in [0.2, 0.25) is 5.91 Å². The minimum atomic E-state index is -0.500. The molecule has 1 heterocycles. The van der Waals surface area contributed by atoms with Gasteiger partial charge in [-0.15, -0.1) is 0 Å². The predicted octanol–water partition coefficient (Wildman–Crippen LogP) is 3.63. The highest BCUT2D eigenvalue weighted by atomic mass is 16.5. The molecule has 0 aromatic heterocycles. The second-order valence-electron chi connectivity index (χ2n) is 6.35. The van der Waals surface area contributed by atoms with E-state index in [0.717, 1.165) is 44.5 Å². The molecular weight excluding hydrogens is 288 g/mol. The molecule has 1 aromatic rings. The lowest BCUT2D eigenvalue weighted by Crippen LogP contribution is -2.41. The van der Waals surface area contributed by atoms with E-state index >= 15 is 0 Å². The summed E-state index contributed by atoms with van der Waals surface area (Å²) in [5, 5.41) is 9.28. The Morgan fingerprint density at radius 1 is 1.30 bits per heavy atom. The molecule has 4 heteroatoms. The number of unbranched alkanes of at least 4 members (excludes halogenated alkanes) is 1. The lowest BCUT2D eigenvalue weighted by molar-refractivity contribution is -0.135. The Morgan fingerprint density at radius 2 is 2.00 bits per heavy atom. The summed E-state index contributed by atoms with van der Waals surface area (Å²) in [4.78, 5) is 14.3. The number of nitrogens with zero attached hydrogens (tertiary/aromatic N) is 2. The number of piperidine rings is 1. The van der Waals surface area contributed by atoms with Crippen LogP contribution >= 0.6 is 0 Å². The summed E-state index contributed by atoms with van der Waals surface area (Å²) < 4.78 is 5.63. The number of carbonyl (C=O) groups is 1. The van der Waals surface area contributed by atoms with Crippen LogP contribution in [0.1, 0.15) is 39.0 Å². The average Bonchev–Trinajstić information content (AvgIpc) is 2.59. The van der Waals surface area contributed by atoms with Gasteiger partial charge in [-0.2, -0.15) is 5.26 Å². The van der Waals surface area contributed by atoms with Crippen molar-refractivity contribution in [3.05, 3.63) is 30.3 Å². The summed E-state index contributed by atoms with van der Waals surface area (Å²) in [7, 11) is 0. The molecule has 1 amide bonds. The average molecular weight is 314 g/mol. The molecule has 1 unspecified atom stereocenters. The Hall–Kier alpha value is -2.02. The number of likely N-dealkylation sites (tertiary alicyclic amines) is 1. The summed E-state index contributed by atoms with van der Waals surface area (Å²) >= 11 is 0. The molecule has 0 N–H and O–H groups in total. The Kier molecular flexibility index (Phi) is 6.93. The number of benzene rings is 1. The van der Waals surface area contributed by atoms with Crippen molar-refractivity contribution in [3.63, 3.8) is 0 Å². The van der Waals surface area contributed by atoms with Crippen LogP contribution in [-0.4, -0.2) is 30.5 Å². The monoisotopic (exact) mass is 314 g/mol. The van der Waals surface area contributed by atoms with Gasteiger partial charge in [-0.3, -0.25) is 4.79 Å². The highest BCUT2D eigenvalue weighted by molar-refractivity contribution is 5.81. The van der Waals surface area contributed by atoms with E-state index in [4.69, 9.17) is 4.74 Å². The molecule has 0 aliphatic carbocycles. The summed E-state index contributed by atoms with van der Waals surface area (Å²) in [6.07, 6.45) is 4.42. The third-order valence-electron chi connectivity index (χ3n) is 4.45. The van der Waals surface area contributed by atoms with E-state index in [-0.39, 0.29) is 5.91 Å². The first kappa shape index (κ1) is 17.3. The van der Waals surface area contributed by atoms with E-state index in [1.54, 1.807) is 0 Å². The van der Waals surface area contributed by atoms with Crippen molar-refractivity contribution in [2.75, 3.05) is 19.7 Å². The van der Waals surface area contributed by atoms with Crippen molar-refractivity contribution in [1.82, 2.24) is 4.90 Å². The quantitative estimate of drug-likeness (QED) is 0.722. The number of rotatable bonds is 7. The fourth-order valence-corrected chi connectivity index (χ4v) is 2.85. The van der Waals surface area contributed by atoms with E-state index in [1.807, 2.05) is 35.2 Å². The van der Waals surface area contributed by atoms with Crippen molar-refractivity contribution in [2.45, 2.75) is 39.0 Å². The van der Waals surface area contributed by atoms with Gasteiger partial charge in [0.25, 0.3) is 0 Å². The van der Waals surface area contributed by atoms with Crippen LogP contribution in [0.15, 0.2) is 30.3 Å². The fraction of sp³-hybridized carbons (Fsp3) is 0.579. The van der Waals surface area contributed by atoms with E-state index in [0.29, 0.717) is 18.9 Å². The molecule has 0 saturated carbocycles. The summed E-state index contributed by atoms with van der Waals surface area (Å²) in [6.45, 7) is 4.44. The van der Waals surface area contributed by atoms with Gasteiger partial charge < -0.3 is 9.64 Å². The number of amides is 1. The molecule has 1 fully saturated rings. The van der Waals surface area contributed by atoms with Crippen LogP contribution in [0.2, 0.25) is 0 Å². The van der Waals surface area contributed by atoms with Gasteiger partial charge in [0.1, 0.15) is 11.7 Å². The molecule has 0 radical (unpaired) electrons. The molecule has 4 nitrogen and oxygen atoms in total. The van der Waals surface area contributed by atoms with Crippen molar-refractivity contribution in [1.29, 1.82) is 5.26 Å². The first-order chi connectivity index (χ1) is 11.2. The molecule has 1 aliphatic heterocycles. The van der Waals surface area contributed by atoms with Crippen LogP contribution in [-0.2, 0) is 4.79 Å². The molecule has 2 rings (SSSR count). The van der Waals surface area contributed by atoms with Gasteiger partial charge >= 0.3 is 0 Å². The Labute approximate surface area is 139 Å². The van der Waals surface area contributed by atoms with Crippen LogP contribution in [0.5, 0.6) is 5.75 Å². The number of ether oxygens (including phenoxy) is 1. The SMILES string of the molecule is CC1CCN(C(=O)C(C#N)CCCCOc2ccccc2)CC1. The fourth-order valence-electron chi connectivity index (χ4n) is 2.85. The third kappa shape index (κ3) is 5.59. The van der Waals surface area contributed by atoms with Gasteiger partial charge in [0.15, 0.2) is 0 Å². The lowest BCUT2D eigenvalue weighted by atomic mass is 9.96. The number of hydrogen-bond donors (Lipinski definition) is 0. The number of para-hydroxylation sites is 1. The second-order valence-corrected chi connectivity index (χ2v) is 6.35. The van der Waals surface area contributed by atoms with Crippen LogP contribution in [0, 0.1) is 23.2 Å².